The van der Waals surface area contributed by atoms with Crippen molar-refractivity contribution in [2.24, 2.45) is 5.41 Å². The van der Waals surface area contributed by atoms with E-state index in [4.69, 9.17) is 4.98 Å². The van der Waals surface area contributed by atoms with Crippen molar-refractivity contribution in [2.45, 2.75) is 62.9 Å². The highest BCUT2D eigenvalue weighted by Crippen LogP contribution is 2.54. The van der Waals surface area contributed by atoms with E-state index in [1.54, 1.807) is 11.8 Å². The van der Waals surface area contributed by atoms with Crippen LogP contribution in [0.25, 0.3) is 43.6 Å². The number of halogens is 3. The molecule has 0 unspecified atom stereocenters. The predicted octanol–water partition coefficient (Wildman–Crippen LogP) is 10.2. The smallest absolute Gasteiger partial charge is 0.255 e. The van der Waals surface area contributed by atoms with Crippen LogP contribution in [0.15, 0.2) is 70.6 Å². The van der Waals surface area contributed by atoms with Crippen LogP contribution in [0, 0.1) is 12.3 Å². The van der Waals surface area contributed by atoms with Crippen molar-refractivity contribution in [3.05, 3.63) is 77.5 Å². The Labute approximate surface area is 219 Å². The minimum absolute atomic E-state index is 0.0615. The zero-order valence-electron chi connectivity index (χ0n) is 21.5. The highest BCUT2D eigenvalue weighted by molar-refractivity contribution is 8.00. The number of aromatic nitrogens is 1. The van der Waals surface area contributed by atoms with Crippen LogP contribution in [0.4, 0.5) is 13.2 Å². The van der Waals surface area contributed by atoms with Crippen molar-refractivity contribution >= 4 is 44.1 Å². The van der Waals surface area contributed by atoms with Gasteiger partial charge in [-0.2, -0.15) is 13.2 Å². The van der Waals surface area contributed by atoms with E-state index in [0.29, 0.717) is 11.5 Å². The van der Waals surface area contributed by atoms with E-state index in [9.17, 15) is 13.2 Å². The lowest BCUT2D eigenvalue weighted by Gasteiger charge is -2.28. The van der Waals surface area contributed by atoms with Gasteiger partial charge in [-0.15, -0.1) is 0 Å². The van der Waals surface area contributed by atoms with Crippen molar-refractivity contribution in [1.29, 1.82) is 0 Å². The average molecular weight is 516 g/mol. The van der Waals surface area contributed by atoms with Crippen LogP contribution in [-0.2, 0) is 6.42 Å². The number of pyridine rings is 1. The molecular weight excluding hydrogens is 487 g/mol. The molecule has 0 spiro atoms. The second-order valence-corrected chi connectivity index (χ2v) is 12.2. The van der Waals surface area contributed by atoms with Crippen molar-refractivity contribution in [3.8, 4) is 11.3 Å². The molecule has 188 valence electrons. The maximum atomic E-state index is 13.6. The first-order valence-corrected chi connectivity index (χ1v) is 13.4. The number of nitrogens with zero attached hydrogens (tertiary/aromatic N) is 1. The molecule has 1 aliphatic rings. The third-order valence-corrected chi connectivity index (χ3v) is 8.97. The van der Waals surface area contributed by atoms with Gasteiger partial charge < -0.3 is 0 Å². The summed E-state index contributed by atoms with van der Waals surface area (Å²) in [6.45, 7) is 9.20. The summed E-state index contributed by atoms with van der Waals surface area (Å²) >= 11 is 1.80. The van der Waals surface area contributed by atoms with Crippen molar-refractivity contribution < 1.29 is 13.2 Å². The molecule has 0 radical (unpaired) electrons. The lowest BCUT2D eigenvalue weighted by Crippen LogP contribution is -2.34. The van der Waals surface area contributed by atoms with Gasteiger partial charge in [-0.3, -0.25) is 4.98 Å². The highest BCUT2D eigenvalue weighted by atomic mass is 32.2. The zero-order valence-corrected chi connectivity index (χ0v) is 22.4. The van der Waals surface area contributed by atoms with E-state index >= 15 is 0 Å². The normalized spacial score (nSPS) is 13.6. The Morgan fingerprint density at radius 3 is 2.32 bits per heavy atom. The Hall–Kier alpha value is -3.05. The van der Waals surface area contributed by atoms with Gasteiger partial charge in [0.25, 0.3) is 0 Å². The maximum absolute atomic E-state index is 13.6. The lowest BCUT2D eigenvalue weighted by molar-refractivity contribution is -0.211. The molecule has 0 bridgehead atoms. The van der Waals surface area contributed by atoms with Gasteiger partial charge in [-0.05, 0) is 75.0 Å². The second kappa shape index (κ2) is 8.22. The minimum atomic E-state index is -4.26. The molecule has 2 heterocycles. The van der Waals surface area contributed by atoms with E-state index in [0.717, 1.165) is 32.1 Å². The van der Waals surface area contributed by atoms with Gasteiger partial charge in [-0.25, -0.2) is 0 Å². The molecule has 4 aromatic carbocycles. The van der Waals surface area contributed by atoms with Gasteiger partial charge in [0.2, 0.25) is 0 Å². The monoisotopic (exact) mass is 515 g/mol. The van der Waals surface area contributed by atoms with Gasteiger partial charge in [-0.1, -0.05) is 81.9 Å². The summed E-state index contributed by atoms with van der Waals surface area (Å²) in [4.78, 5) is 7.32. The molecule has 37 heavy (non-hydrogen) atoms. The molecule has 5 heteroatoms. The Morgan fingerprint density at radius 1 is 0.892 bits per heavy atom. The Morgan fingerprint density at radius 2 is 1.62 bits per heavy atom. The van der Waals surface area contributed by atoms with Crippen LogP contribution in [0.5, 0.6) is 0 Å². The number of hydrogen-bond acceptors (Lipinski definition) is 2. The van der Waals surface area contributed by atoms with Gasteiger partial charge >= 0.3 is 6.18 Å². The number of hydrogen-bond donors (Lipinski definition) is 0. The first-order valence-electron chi connectivity index (χ1n) is 12.6. The van der Waals surface area contributed by atoms with Gasteiger partial charge in [0.05, 0.1) is 11.1 Å². The molecule has 1 nitrogen and oxygen atoms in total. The van der Waals surface area contributed by atoms with E-state index in [2.05, 4.69) is 51.1 Å². The molecule has 0 N–H and O–H groups in total. The Kier molecular flexibility index (Phi) is 5.40. The fraction of sp³-hybridized carbons (Fsp3) is 0.281. The molecule has 0 fully saturated rings. The Balaban J connectivity index is 1.64. The van der Waals surface area contributed by atoms with Gasteiger partial charge in [0.1, 0.15) is 0 Å². The number of alkyl halides is 3. The van der Waals surface area contributed by atoms with Crippen LogP contribution < -0.4 is 0 Å². The van der Waals surface area contributed by atoms with Crippen LogP contribution in [0.2, 0.25) is 0 Å². The van der Waals surface area contributed by atoms with Crippen LogP contribution in [0.1, 0.15) is 50.3 Å². The van der Waals surface area contributed by atoms with E-state index < -0.39 is 11.6 Å². The molecule has 0 saturated carbocycles. The van der Waals surface area contributed by atoms with Gasteiger partial charge in [0.15, 0.2) is 0 Å². The van der Waals surface area contributed by atoms with Crippen LogP contribution in [0.3, 0.4) is 0 Å². The van der Waals surface area contributed by atoms with Crippen molar-refractivity contribution in [2.75, 3.05) is 0 Å². The molecule has 0 saturated heterocycles. The fourth-order valence-corrected chi connectivity index (χ4v) is 7.31. The molecule has 1 aromatic heterocycles. The first-order chi connectivity index (χ1) is 17.5. The first kappa shape index (κ1) is 24.3. The predicted molar refractivity (Wildman–Crippen MR) is 149 cm³/mol. The minimum Gasteiger partial charge on any atom is -0.255 e. The third kappa shape index (κ3) is 3.65. The summed E-state index contributed by atoms with van der Waals surface area (Å²) in [5.74, 6) is 0.340. The maximum Gasteiger partial charge on any atom is 0.394 e. The van der Waals surface area contributed by atoms with Crippen LogP contribution in [-0.4, -0.2) is 11.2 Å². The quantitative estimate of drug-likeness (QED) is 0.217. The third-order valence-electron chi connectivity index (χ3n) is 7.80. The summed E-state index contributed by atoms with van der Waals surface area (Å²) in [5.41, 5.74) is 3.60. The number of aryl methyl sites for hydroxylation is 1. The molecular formula is C32H28F3NS. The molecule has 0 amide bonds. The Bertz CT molecular complexity index is 1730. The van der Waals surface area contributed by atoms with E-state index in [1.165, 1.54) is 46.2 Å². The molecule has 1 aliphatic heterocycles. The summed E-state index contributed by atoms with van der Waals surface area (Å²) < 4.78 is 40.8. The zero-order chi connectivity index (χ0) is 26.3. The van der Waals surface area contributed by atoms with Gasteiger partial charge in [0, 0.05) is 26.9 Å². The number of fused-ring (bicyclic) bond motifs is 5. The standard InChI is InChI=1S/C32H28F3NS/c1-17(2)26-22-9-7-6-8-21(22)18(3)27-29-28-23(12-13-36-29)24-14-19(16-31(4,5)32(33,34)35)10-11-20(24)15-25(28)37-30(26)27/h6-15,17H,16H2,1-5H3. The molecule has 0 aliphatic carbocycles. The van der Waals surface area contributed by atoms with E-state index in [-0.39, 0.29) is 6.42 Å². The SMILES string of the molecule is Cc1c2c(c(C(C)C)c3ccccc13)Sc1cc3ccc(CC(C)(C)C(F)(F)F)cc3c3ccnc-2c13. The largest absolute Gasteiger partial charge is 0.394 e. The topological polar surface area (TPSA) is 12.9 Å². The molecule has 0 atom stereocenters. The van der Waals surface area contributed by atoms with Crippen molar-refractivity contribution in [1.82, 2.24) is 4.98 Å². The lowest BCUT2D eigenvalue weighted by atomic mass is 9.84. The summed E-state index contributed by atoms with van der Waals surface area (Å²) in [6.07, 6.45) is -2.48. The fourth-order valence-electron chi connectivity index (χ4n) is 5.78. The average Bonchev–Trinajstić information content (AvgIpc) is 2.83. The van der Waals surface area contributed by atoms with Crippen LogP contribution >= 0.6 is 11.8 Å². The summed E-state index contributed by atoms with van der Waals surface area (Å²) in [5, 5.41) is 6.67. The highest BCUT2D eigenvalue weighted by Gasteiger charge is 2.47. The molecule has 6 rings (SSSR count). The summed E-state index contributed by atoms with van der Waals surface area (Å²) in [6, 6.07) is 18.5. The summed E-state index contributed by atoms with van der Waals surface area (Å²) in [7, 11) is 0. The second-order valence-electron chi connectivity index (χ2n) is 11.1. The molecule has 5 aromatic rings. The number of rotatable bonds is 3. The number of benzene rings is 4. The van der Waals surface area contributed by atoms with Crippen molar-refractivity contribution in [3.63, 3.8) is 0 Å². The van der Waals surface area contributed by atoms with E-state index in [1.807, 2.05) is 30.5 Å².